The smallest absolute Gasteiger partial charge is 0.120 e. The summed E-state index contributed by atoms with van der Waals surface area (Å²) in [5.74, 6) is 6.65. The van der Waals surface area contributed by atoms with E-state index in [2.05, 4.69) is 11.8 Å². The average molecular weight is 231 g/mol. The van der Waals surface area contributed by atoms with Crippen molar-refractivity contribution in [3.05, 3.63) is 29.8 Å². The van der Waals surface area contributed by atoms with Gasteiger partial charge in [0.05, 0.1) is 12.6 Å². The van der Waals surface area contributed by atoms with Gasteiger partial charge >= 0.3 is 0 Å². The highest BCUT2D eigenvalue weighted by atomic mass is 16.5. The third-order valence-electron chi connectivity index (χ3n) is 2.63. The Morgan fingerprint density at radius 1 is 1.47 bits per heavy atom. The summed E-state index contributed by atoms with van der Waals surface area (Å²) in [6.07, 6.45) is 2.47. The normalized spacial score (nSPS) is 18.5. The van der Waals surface area contributed by atoms with Crippen molar-refractivity contribution in [1.82, 2.24) is 0 Å². The van der Waals surface area contributed by atoms with Gasteiger partial charge in [0.1, 0.15) is 12.4 Å². The Balaban J connectivity index is 1.91. The highest BCUT2D eigenvalue weighted by molar-refractivity contribution is 5.39. The second kappa shape index (κ2) is 6.29. The van der Waals surface area contributed by atoms with Crippen molar-refractivity contribution in [2.45, 2.75) is 18.9 Å². The first-order valence-electron chi connectivity index (χ1n) is 5.92. The van der Waals surface area contributed by atoms with Gasteiger partial charge in [-0.25, -0.2) is 0 Å². The molecule has 17 heavy (non-hydrogen) atoms. The van der Waals surface area contributed by atoms with Crippen molar-refractivity contribution in [2.24, 2.45) is 5.73 Å². The Hall–Kier alpha value is -1.50. The largest absolute Gasteiger partial charge is 0.491 e. The van der Waals surface area contributed by atoms with Crippen molar-refractivity contribution >= 4 is 0 Å². The number of ether oxygens (including phenoxy) is 2. The van der Waals surface area contributed by atoms with Crippen LogP contribution < -0.4 is 10.5 Å². The Kier molecular flexibility index (Phi) is 4.43. The molecule has 1 aliphatic heterocycles. The molecule has 2 N–H and O–H groups in total. The van der Waals surface area contributed by atoms with E-state index in [0.29, 0.717) is 13.2 Å². The molecule has 2 rings (SSSR count). The van der Waals surface area contributed by atoms with Gasteiger partial charge in [-0.2, -0.15) is 0 Å². The molecule has 1 fully saturated rings. The van der Waals surface area contributed by atoms with Gasteiger partial charge in [0.2, 0.25) is 0 Å². The zero-order chi connectivity index (χ0) is 11.9. The molecule has 0 radical (unpaired) electrons. The lowest BCUT2D eigenvalue weighted by molar-refractivity contribution is 0.0679. The third-order valence-corrected chi connectivity index (χ3v) is 2.63. The summed E-state index contributed by atoms with van der Waals surface area (Å²) >= 11 is 0. The number of nitrogens with two attached hydrogens (primary N) is 1. The molecule has 1 aromatic carbocycles. The summed E-state index contributed by atoms with van der Waals surface area (Å²) in [5.41, 5.74) is 6.27. The van der Waals surface area contributed by atoms with E-state index in [1.165, 1.54) is 0 Å². The first-order chi connectivity index (χ1) is 8.38. The maximum atomic E-state index is 5.69. The lowest BCUT2D eigenvalue weighted by Gasteiger charge is -2.11. The van der Waals surface area contributed by atoms with Crippen molar-refractivity contribution in [3.63, 3.8) is 0 Å². The van der Waals surface area contributed by atoms with Crippen LogP contribution in [0.3, 0.4) is 0 Å². The van der Waals surface area contributed by atoms with Gasteiger partial charge in [0, 0.05) is 12.2 Å². The first-order valence-corrected chi connectivity index (χ1v) is 5.92. The van der Waals surface area contributed by atoms with E-state index in [1.54, 1.807) is 0 Å². The monoisotopic (exact) mass is 231 g/mol. The predicted octanol–water partition coefficient (Wildman–Crippen LogP) is 1.55. The van der Waals surface area contributed by atoms with Crippen LogP contribution in [0.5, 0.6) is 5.75 Å². The van der Waals surface area contributed by atoms with E-state index in [1.807, 2.05) is 24.3 Å². The van der Waals surface area contributed by atoms with Crippen molar-refractivity contribution in [3.8, 4) is 17.6 Å². The van der Waals surface area contributed by atoms with Gasteiger partial charge in [-0.1, -0.05) is 17.9 Å². The number of rotatable bonds is 3. The van der Waals surface area contributed by atoms with Crippen LogP contribution in [0.1, 0.15) is 18.4 Å². The Morgan fingerprint density at radius 3 is 3.18 bits per heavy atom. The molecule has 0 aliphatic carbocycles. The molecule has 1 saturated heterocycles. The SMILES string of the molecule is NCC#Cc1cccc(OCC2CCCO2)c1. The molecule has 0 bridgehead atoms. The maximum absolute atomic E-state index is 5.69. The zero-order valence-electron chi connectivity index (χ0n) is 9.82. The fourth-order valence-electron chi connectivity index (χ4n) is 1.78. The summed E-state index contributed by atoms with van der Waals surface area (Å²) in [4.78, 5) is 0. The van der Waals surface area contributed by atoms with Gasteiger partial charge in [-0.3, -0.25) is 0 Å². The average Bonchev–Trinajstić information content (AvgIpc) is 2.87. The molecule has 0 aromatic heterocycles. The highest BCUT2D eigenvalue weighted by Gasteiger charge is 2.15. The van der Waals surface area contributed by atoms with Crippen LogP contribution >= 0.6 is 0 Å². The van der Waals surface area contributed by atoms with Gasteiger partial charge in [-0.15, -0.1) is 0 Å². The van der Waals surface area contributed by atoms with Crippen molar-refractivity contribution < 1.29 is 9.47 Å². The van der Waals surface area contributed by atoms with Crippen LogP contribution in [-0.2, 0) is 4.74 Å². The molecule has 0 spiro atoms. The summed E-state index contributed by atoms with van der Waals surface area (Å²) < 4.78 is 11.2. The third kappa shape index (κ3) is 3.77. The summed E-state index contributed by atoms with van der Waals surface area (Å²) in [5, 5.41) is 0. The Labute approximate surface area is 102 Å². The van der Waals surface area contributed by atoms with Crippen LogP contribution in [0.4, 0.5) is 0 Å². The molecule has 1 heterocycles. The minimum absolute atomic E-state index is 0.244. The molecular formula is C14H17NO2. The first kappa shape index (κ1) is 12.0. The van der Waals surface area contributed by atoms with Crippen LogP contribution in [0, 0.1) is 11.8 Å². The fourth-order valence-corrected chi connectivity index (χ4v) is 1.78. The topological polar surface area (TPSA) is 44.5 Å². The summed E-state index contributed by atoms with van der Waals surface area (Å²) in [7, 11) is 0. The van der Waals surface area contributed by atoms with Gasteiger partial charge in [0.25, 0.3) is 0 Å². The molecule has 90 valence electrons. The lowest BCUT2D eigenvalue weighted by Crippen LogP contribution is -2.16. The van der Waals surface area contributed by atoms with E-state index in [9.17, 15) is 0 Å². The summed E-state index contributed by atoms with van der Waals surface area (Å²) in [6.45, 7) is 1.85. The summed E-state index contributed by atoms with van der Waals surface area (Å²) in [6, 6.07) is 7.74. The van der Waals surface area contributed by atoms with Crippen molar-refractivity contribution in [2.75, 3.05) is 19.8 Å². The van der Waals surface area contributed by atoms with E-state index >= 15 is 0 Å². The molecule has 1 atom stereocenters. The fraction of sp³-hybridized carbons (Fsp3) is 0.429. The quantitative estimate of drug-likeness (QED) is 0.803. The van der Waals surface area contributed by atoms with Crippen LogP contribution in [0.25, 0.3) is 0 Å². The maximum Gasteiger partial charge on any atom is 0.120 e. The predicted molar refractivity (Wildman–Crippen MR) is 66.8 cm³/mol. The van der Waals surface area contributed by atoms with Gasteiger partial charge < -0.3 is 15.2 Å². The van der Waals surface area contributed by atoms with E-state index in [4.69, 9.17) is 15.2 Å². The van der Waals surface area contributed by atoms with Crippen molar-refractivity contribution in [1.29, 1.82) is 0 Å². The second-order valence-corrected chi connectivity index (χ2v) is 3.98. The van der Waals surface area contributed by atoms with Crippen LogP contribution in [0.2, 0.25) is 0 Å². The molecule has 1 aliphatic rings. The number of hydrogen-bond donors (Lipinski definition) is 1. The minimum Gasteiger partial charge on any atom is -0.491 e. The van der Waals surface area contributed by atoms with Gasteiger partial charge in [-0.05, 0) is 31.0 Å². The standard InChI is InChI=1S/C14H17NO2/c15-8-2-5-12-4-1-6-13(10-12)17-11-14-7-3-9-16-14/h1,4,6,10,14H,3,7-9,11,15H2. The van der Waals surface area contributed by atoms with Crippen LogP contribution in [0.15, 0.2) is 24.3 Å². The lowest BCUT2D eigenvalue weighted by atomic mass is 10.2. The molecule has 1 aromatic rings. The molecular weight excluding hydrogens is 214 g/mol. The Morgan fingerprint density at radius 2 is 2.41 bits per heavy atom. The highest BCUT2D eigenvalue weighted by Crippen LogP contribution is 2.16. The zero-order valence-corrected chi connectivity index (χ0v) is 9.82. The Bertz CT molecular complexity index is 414. The van der Waals surface area contributed by atoms with Gasteiger partial charge in [0.15, 0.2) is 0 Å². The van der Waals surface area contributed by atoms with E-state index < -0.39 is 0 Å². The van der Waals surface area contributed by atoms with Crippen LogP contribution in [-0.4, -0.2) is 25.9 Å². The van der Waals surface area contributed by atoms with E-state index in [0.717, 1.165) is 30.8 Å². The minimum atomic E-state index is 0.244. The van der Waals surface area contributed by atoms with E-state index in [-0.39, 0.29) is 6.10 Å². The number of benzene rings is 1. The molecule has 3 nitrogen and oxygen atoms in total. The molecule has 3 heteroatoms. The molecule has 0 saturated carbocycles. The molecule has 0 amide bonds. The second-order valence-electron chi connectivity index (χ2n) is 3.98. The molecule has 1 unspecified atom stereocenters. The number of hydrogen-bond acceptors (Lipinski definition) is 3.